The Morgan fingerprint density at radius 1 is 1.53 bits per heavy atom. The van der Waals surface area contributed by atoms with Crippen molar-refractivity contribution < 1.29 is 17.7 Å². The highest BCUT2D eigenvalue weighted by atomic mass is 32.2. The fourth-order valence-corrected chi connectivity index (χ4v) is 1.75. The number of rotatable bonds is 3. The van der Waals surface area contributed by atoms with Gasteiger partial charge >= 0.3 is 0 Å². The summed E-state index contributed by atoms with van der Waals surface area (Å²) in [6.07, 6.45) is 1.26. The van der Waals surface area contributed by atoms with Gasteiger partial charge in [0, 0.05) is 0 Å². The van der Waals surface area contributed by atoms with Crippen molar-refractivity contribution in [2.45, 2.75) is 4.90 Å². The van der Waals surface area contributed by atoms with Crippen molar-refractivity contribution in [3.8, 4) is 5.75 Å². The first-order chi connectivity index (χ1) is 6.99. The lowest BCUT2D eigenvalue weighted by molar-refractivity contribution is 0.397. The number of nitrogens with two attached hydrogens (primary N) is 1. The molecule has 7 heteroatoms. The molecule has 0 radical (unpaired) electrons. The van der Waals surface area contributed by atoms with Gasteiger partial charge in [0.1, 0.15) is 10.6 Å². The standard InChI is InChI=1S/C8H10N2O4S/c1-14-7-3-2-6(5-10-9)4-8(7)15(11,12)13/h2-5H,9H2,1H3,(H,11,12,13). The maximum absolute atomic E-state index is 11.0. The molecule has 0 saturated carbocycles. The lowest BCUT2D eigenvalue weighted by Crippen LogP contribution is -2.02. The van der Waals surface area contributed by atoms with Gasteiger partial charge in [0.05, 0.1) is 13.3 Å². The van der Waals surface area contributed by atoms with Gasteiger partial charge in [-0.2, -0.15) is 13.5 Å². The van der Waals surface area contributed by atoms with Crippen molar-refractivity contribution in [1.29, 1.82) is 0 Å². The number of hydrogen-bond acceptors (Lipinski definition) is 5. The Bertz CT molecular complexity index is 481. The van der Waals surface area contributed by atoms with Crippen molar-refractivity contribution in [2.75, 3.05) is 7.11 Å². The number of ether oxygens (including phenoxy) is 1. The van der Waals surface area contributed by atoms with E-state index in [9.17, 15) is 8.42 Å². The molecule has 1 aromatic carbocycles. The molecular formula is C8H10N2O4S. The van der Waals surface area contributed by atoms with Crippen LogP contribution in [0.5, 0.6) is 5.75 Å². The van der Waals surface area contributed by atoms with Crippen molar-refractivity contribution >= 4 is 16.3 Å². The lowest BCUT2D eigenvalue weighted by Gasteiger charge is -2.05. The van der Waals surface area contributed by atoms with E-state index in [1.54, 1.807) is 6.07 Å². The maximum Gasteiger partial charge on any atom is 0.298 e. The molecule has 0 atom stereocenters. The van der Waals surface area contributed by atoms with E-state index in [0.29, 0.717) is 5.56 Å². The molecule has 0 amide bonds. The van der Waals surface area contributed by atoms with Gasteiger partial charge in [-0.25, -0.2) is 0 Å². The van der Waals surface area contributed by atoms with Gasteiger partial charge in [0.2, 0.25) is 0 Å². The van der Waals surface area contributed by atoms with Gasteiger partial charge in [0.15, 0.2) is 0 Å². The molecule has 0 aliphatic heterocycles. The first kappa shape index (κ1) is 11.5. The third-order valence-corrected chi connectivity index (χ3v) is 2.56. The SMILES string of the molecule is COc1ccc(C=NN)cc1S(=O)(=O)O. The molecule has 0 unspecified atom stereocenters. The van der Waals surface area contributed by atoms with Gasteiger partial charge in [0.25, 0.3) is 10.1 Å². The van der Waals surface area contributed by atoms with Crippen LogP contribution in [0.2, 0.25) is 0 Å². The van der Waals surface area contributed by atoms with Crippen LogP contribution >= 0.6 is 0 Å². The first-order valence-corrected chi connectivity index (χ1v) is 5.32. The average Bonchev–Trinajstić information content (AvgIpc) is 2.17. The van der Waals surface area contributed by atoms with E-state index in [0.717, 1.165) is 0 Å². The van der Waals surface area contributed by atoms with E-state index in [1.165, 1.54) is 25.5 Å². The molecule has 0 aliphatic carbocycles. The van der Waals surface area contributed by atoms with Crippen LogP contribution in [0.25, 0.3) is 0 Å². The predicted octanol–water partition coefficient (Wildman–Crippen LogP) is 0.235. The van der Waals surface area contributed by atoms with E-state index < -0.39 is 10.1 Å². The second-order valence-corrected chi connectivity index (χ2v) is 4.05. The van der Waals surface area contributed by atoms with Crippen molar-refractivity contribution in [2.24, 2.45) is 10.9 Å². The minimum Gasteiger partial charge on any atom is -0.495 e. The van der Waals surface area contributed by atoms with Crippen molar-refractivity contribution in [3.05, 3.63) is 23.8 Å². The van der Waals surface area contributed by atoms with Crippen molar-refractivity contribution in [3.63, 3.8) is 0 Å². The summed E-state index contributed by atoms with van der Waals surface area (Å²) in [6.45, 7) is 0. The Kier molecular flexibility index (Phi) is 3.28. The number of benzene rings is 1. The van der Waals surface area contributed by atoms with Crippen LogP contribution in [0.15, 0.2) is 28.2 Å². The van der Waals surface area contributed by atoms with Crippen LogP contribution < -0.4 is 10.6 Å². The molecular weight excluding hydrogens is 220 g/mol. The molecule has 0 fully saturated rings. The summed E-state index contributed by atoms with van der Waals surface area (Å²) in [5.74, 6) is 4.98. The topological polar surface area (TPSA) is 102 Å². The molecule has 0 spiro atoms. The maximum atomic E-state index is 11.0. The molecule has 6 nitrogen and oxygen atoms in total. The van der Waals surface area contributed by atoms with E-state index in [2.05, 4.69) is 5.10 Å². The number of methoxy groups -OCH3 is 1. The summed E-state index contributed by atoms with van der Waals surface area (Å²) in [6, 6.07) is 4.18. The minimum absolute atomic E-state index is 0.0617. The first-order valence-electron chi connectivity index (χ1n) is 3.88. The smallest absolute Gasteiger partial charge is 0.298 e. The zero-order chi connectivity index (χ0) is 11.5. The second kappa shape index (κ2) is 4.28. The molecule has 3 N–H and O–H groups in total. The summed E-state index contributed by atoms with van der Waals surface area (Å²) in [5, 5.41) is 3.24. The summed E-state index contributed by atoms with van der Waals surface area (Å²) in [5.41, 5.74) is 0.450. The average molecular weight is 230 g/mol. The van der Waals surface area contributed by atoms with E-state index in [4.69, 9.17) is 15.1 Å². The molecule has 0 aliphatic rings. The zero-order valence-electron chi connectivity index (χ0n) is 7.91. The highest BCUT2D eigenvalue weighted by Crippen LogP contribution is 2.23. The van der Waals surface area contributed by atoms with E-state index in [1.807, 2.05) is 0 Å². The van der Waals surface area contributed by atoms with Crippen LogP contribution in [0.4, 0.5) is 0 Å². The summed E-state index contributed by atoms with van der Waals surface area (Å²) < 4.78 is 35.6. The minimum atomic E-state index is -4.31. The fourth-order valence-electron chi connectivity index (χ4n) is 1.06. The molecule has 1 aromatic rings. The van der Waals surface area contributed by atoms with Gasteiger partial charge in [-0.1, -0.05) is 0 Å². The monoisotopic (exact) mass is 230 g/mol. The lowest BCUT2D eigenvalue weighted by atomic mass is 10.2. The largest absolute Gasteiger partial charge is 0.495 e. The Labute approximate surface area is 87.1 Å². The summed E-state index contributed by atoms with van der Waals surface area (Å²) >= 11 is 0. The van der Waals surface area contributed by atoms with Gasteiger partial charge in [-0.15, -0.1) is 0 Å². The Morgan fingerprint density at radius 3 is 2.67 bits per heavy atom. The van der Waals surface area contributed by atoms with Gasteiger partial charge in [-0.05, 0) is 23.8 Å². The fraction of sp³-hybridized carbons (Fsp3) is 0.125. The van der Waals surface area contributed by atoms with Crippen LogP contribution in [0.3, 0.4) is 0 Å². The van der Waals surface area contributed by atoms with Crippen LogP contribution in [0.1, 0.15) is 5.56 Å². The Hall–Kier alpha value is -1.60. The quantitative estimate of drug-likeness (QED) is 0.335. The molecule has 0 saturated heterocycles. The van der Waals surface area contributed by atoms with E-state index >= 15 is 0 Å². The van der Waals surface area contributed by atoms with Crippen LogP contribution in [0, 0.1) is 0 Å². The van der Waals surface area contributed by atoms with Gasteiger partial charge in [-0.3, -0.25) is 4.55 Å². The summed E-state index contributed by atoms with van der Waals surface area (Å²) in [7, 11) is -3.01. The third-order valence-electron chi connectivity index (χ3n) is 1.69. The third kappa shape index (κ3) is 2.67. The van der Waals surface area contributed by atoms with Gasteiger partial charge < -0.3 is 10.6 Å². The van der Waals surface area contributed by atoms with Crippen molar-refractivity contribution in [1.82, 2.24) is 0 Å². The molecule has 0 heterocycles. The number of nitrogens with zero attached hydrogens (tertiary/aromatic N) is 1. The Morgan fingerprint density at radius 2 is 2.20 bits per heavy atom. The highest BCUT2D eigenvalue weighted by Gasteiger charge is 2.16. The second-order valence-electron chi connectivity index (χ2n) is 2.66. The summed E-state index contributed by atoms with van der Waals surface area (Å²) in [4.78, 5) is -0.317. The number of hydrazone groups is 1. The molecule has 0 aromatic heterocycles. The number of hydrogen-bond donors (Lipinski definition) is 2. The highest BCUT2D eigenvalue weighted by molar-refractivity contribution is 7.86. The zero-order valence-corrected chi connectivity index (χ0v) is 8.73. The van der Waals surface area contributed by atoms with Crippen LogP contribution in [-0.2, 0) is 10.1 Å². The molecule has 82 valence electrons. The predicted molar refractivity (Wildman–Crippen MR) is 54.6 cm³/mol. The van der Waals surface area contributed by atoms with E-state index in [-0.39, 0.29) is 10.6 Å². The molecule has 0 bridgehead atoms. The normalized spacial score (nSPS) is 11.9. The van der Waals surface area contributed by atoms with Crippen LogP contribution in [-0.4, -0.2) is 26.3 Å². The molecule has 15 heavy (non-hydrogen) atoms. The Balaban J connectivity index is 3.39. The molecule has 1 rings (SSSR count).